The Morgan fingerprint density at radius 2 is 1.91 bits per heavy atom. The molecule has 1 atom stereocenters. The van der Waals surface area contributed by atoms with Crippen LogP contribution in [-0.4, -0.2) is 49.9 Å². The fraction of sp³-hybridized carbons (Fsp3) is 0.800. The van der Waals surface area contributed by atoms with Crippen LogP contribution in [0.2, 0.25) is 0 Å². The smallest absolute Gasteiger partial charge is 0.424 e. The second-order valence-electron chi connectivity index (χ2n) is 6.14. The summed E-state index contributed by atoms with van der Waals surface area (Å²) in [4.78, 5) is 12.1. The molecular formula is C15H29NO5S. The number of amides is 1. The molecule has 22 heavy (non-hydrogen) atoms. The van der Waals surface area contributed by atoms with Crippen LogP contribution in [-0.2, 0) is 19.5 Å². The van der Waals surface area contributed by atoms with Gasteiger partial charge in [-0.15, -0.1) is 0 Å². The SMILES string of the molecule is CCCCOC/C=C\[C@@H](C)N(C(=O)OC(C)(C)C)S(C)(=O)=O. The average Bonchev–Trinajstić information content (AvgIpc) is 2.29. The molecule has 0 aliphatic heterocycles. The Kier molecular flexibility index (Phi) is 8.70. The van der Waals surface area contributed by atoms with E-state index in [2.05, 4.69) is 6.92 Å². The van der Waals surface area contributed by atoms with Crippen molar-refractivity contribution in [2.75, 3.05) is 19.5 Å². The minimum absolute atomic E-state index is 0.385. The van der Waals surface area contributed by atoms with Crippen LogP contribution >= 0.6 is 0 Å². The molecule has 0 aromatic rings. The molecular weight excluding hydrogens is 306 g/mol. The van der Waals surface area contributed by atoms with E-state index < -0.39 is 27.8 Å². The Hall–Kier alpha value is -1.08. The van der Waals surface area contributed by atoms with Gasteiger partial charge in [-0.3, -0.25) is 0 Å². The zero-order valence-electron chi connectivity index (χ0n) is 14.5. The van der Waals surface area contributed by atoms with Gasteiger partial charge in [0.1, 0.15) is 5.60 Å². The van der Waals surface area contributed by atoms with Gasteiger partial charge in [-0.1, -0.05) is 25.5 Å². The lowest BCUT2D eigenvalue weighted by molar-refractivity contribution is 0.0369. The Balaban J connectivity index is 4.77. The summed E-state index contributed by atoms with van der Waals surface area (Å²) in [5.74, 6) is 0. The van der Waals surface area contributed by atoms with Gasteiger partial charge in [-0.05, 0) is 34.1 Å². The van der Waals surface area contributed by atoms with Crippen LogP contribution < -0.4 is 0 Å². The molecule has 0 heterocycles. The molecule has 0 saturated carbocycles. The first-order valence-corrected chi connectivity index (χ1v) is 9.30. The highest BCUT2D eigenvalue weighted by molar-refractivity contribution is 7.88. The van der Waals surface area contributed by atoms with Crippen molar-refractivity contribution in [3.8, 4) is 0 Å². The molecule has 130 valence electrons. The van der Waals surface area contributed by atoms with Gasteiger partial charge in [0.2, 0.25) is 10.0 Å². The lowest BCUT2D eigenvalue weighted by atomic mass is 10.2. The van der Waals surface area contributed by atoms with E-state index in [1.807, 2.05) is 0 Å². The maximum Gasteiger partial charge on any atom is 0.424 e. The van der Waals surface area contributed by atoms with Crippen LogP contribution in [0.1, 0.15) is 47.5 Å². The van der Waals surface area contributed by atoms with Crippen molar-refractivity contribution in [1.29, 1.82) is 0 Å². The van der Waals surface area contributed by atoms with Crippen molar-refractivity contribution in [3.05, 3.63) is 12.2 Å². The van der Waals surface area contributed by atoms with E-state index >= 15 is 0 Å². The maximum atomic E-state index is 12.1. The standard InChI is InChI=1S/C15H29NO5S/c1-7-8-11-20-12-9-10-13(2)16(22(6,18)19)14(17)21-15(3,4)5/h9-10,13H,7-8,11-12H2,1-6H3/b10-9-/t13-/m1/s1. The molecule has 0 radical (unpaired) electrons. The molecule has 0 aliphatic carbocycles. The van der Waals surface area contributed by atoms with Crippen LogP contribution in [0.25, 0.3) is 0 Å². The number of rotatable bonds is 8. The van der Waals surface area contributed by atoms with E-state index in [0.29, 0.717) is 13.2 Å². The van der Waals surface area contributed by atoms with Crippen molar-refractivity contribution in [1.82, 2.24) is 4.31 Å². The molecule has 1 amide bonds. The van der Waals surface area contributed by atoms with Crippen molar-refractivity contribution in [2.45, 2.75) is 59.1 Å². The van der Waals surface area contributed by atoms with Gasteiger partial charge >= 0.3 is 6.09 Å². The van der Waals surface area contributed by atoms with E-state index in [1.54, 1.807) is 39.8 Å². The summed E-state index contributed by atoms with van der Waals surface area (Å²) in [5.41, 5.74) is -0.757. The highest BCUT2D eigenvalue weighted by atomic mass is 32.2. The molecule has 7 heteroatoms. The molecule has 0 saturated heterocycles. The zero-order chi connectivity index (χ0) is 17.4. The molecule has 0 aromatic heterocycles. The molecule has 0 rings (SSSR count). The molecule has 0 N–H and O–H groups in total. The molecule has 0 unspecified atom stereocenters. The number of hydrogen-bond donors (Lipinski definition) is 0. The largest absolute Gasteiger partial charge is 0.443 e. The molecule has 0 aliphatic rings. The van der Waals surface area contributed by atoms with Crippen molar-refractivity contribution in [2.24, 2.45) is 0 Å². The summed E-state index contributed by atoms with van der Waals surface area (Å²) in [6.07, 6.45) is 5.48. The van der Waals surface area contributed by atoms with Crippen molar-refractivity contribution < 1.29 is 22.7 Å². The fourth-order valence-electron chi connectivity index (χ4n) is 1.64. The minimum atomic E-state index is -3.72. The topological polar surface area (TPSA) is 72.9 Å². The van der Waals surface area contributed by atoms with Crippen LogP contribution in [0, 0.1) is 0 Å². The maximum absolute atomic E-state index is 12.1. The molecule has 0 bridgehead atoms. The normalized spacial score (nSPS) is 14.1. The van der Waals surface area contributed by atoms with Crippen LogP contribution in [0.5, 0.6) is 0 Å². The second kappa shape index (κ2) is 9.15. The van der Waals surface area contributed by atoms with E-state index in [9.17, 15) is 13.2 Å². The monoisotopic (exact) mass is 335 g/mol. The second-order valence-corrected chi connectivity index (χ2v) is 8.00. The third-order valence-corrected chi connectivity index (χ3v) is 3.77. The lowest BCUT2D eigenvalue weighted by Gasteiger charge is -2.28. The van der Waals surface area contributed by atoms with Gasteiger partial charge in [-0.25, -0.2) is 13.2 Å². The zero-order valence-corrected chi connectivity index (χ0v) is 15.3. The molecule has 6 nitrogen and oxygen atoms in total. The third kappa shape index (κ3) is 9.04. The highest BCUT2D eigenvalue weighted by Gasteiger charge is 2.31. The first-order chi connectivity index (χ1) is 9.99. The predicted octanol–water partition coefficient (Wildman–Crippen LogP) is 2.94. The quantitative estimate of drug-likeness (QED) is 0.504. The summed E-state index contributed by atoms with van der Waals surface area (Å²) < 4.78 is 34.9. The third-order valence-electron chi connectivity index (χ3n) is 2.57. The van der Waals surface area contributed by atoms with Gasteiger partial charge in [0, 0.05) is 6.61 Å². The van der Waals surface area contributed by atoms with Gasteiger partial charge in [0.25, 0.3) is 0 Å². The van der Waals surface area contributed by atoms with Gasteiger partial charge in [0.05, 0.1) is 18.9 Å². The number of unbranched alkanes of at least 4 members (excludes halogenated alkanes) is 1. The minimum Gasteiger partial charge on any atom is -0.443 e. The van der Waals surface area contributed by atoms with E-state index in [1.165, 1.54) is 0 Å². The highest BCUT2D eigenvalue weighted by Crippen LogP contribution is 2.15. The van der Waals surface area contributed by atoms with E-state index in [-0.39, 0.29) is 0 Å². The van der Waals surface area contributed by atoms with E-state index in [4.69, 9.17) is 9.47 Å². The summed E-state index contributed by atoms with van der Waals surface area (Å²) in [6.45, 7) is 9.81. The average molecular weight is 335 g/mol. The number of carbonyl (C=O) groups is 1. The number of nitrogens with zero attached hydrogens (tertiary/aromatic N) is 1. The summed E-state index contributed by atoms with van der Waals surface area (Å²) in [6, 6.07) is -0.639. The van der Waals surface area contributed by atoms with Gasteiger partial charge < -0.3 is 9.47 Å². The summed E-state index contributed by atoms with van der Waals surface area (Å²) in [5, 5.41) is 0. The summed E-state index contributed by atoms with van der Waals surface area (Å²) >= 11 is 0. The summed E-state index contributed by atoms with van der Waals surface area (Å²) in [7, 11) is -3.72. The Morgan fingerprint density at radius 3 is 2.36 bits per heavy atom. The molecule has 0 aromatic carbocycles. The Labute approximate surface area is 134 Å². The fourth-order valence-corrected chi connectivity index (χ4v) is 2.62. The predicted molar refractivity (Wildman–Crippen MR) is 87.2 cm³/mol. The van der Waals surface area contributed by atoms with Crippen molar-refractivity contribution in [3.63, 3.8) is 0 Å². The Morgan fingerprint density at radius 1 is 1.32 bits per heavy atom. The molecule has 0 fully saturated rings. The number of hydrogen-bond acceptors (Lipinski definition) is 5. The van der Waals surface area contributed by atoms with Gasteiger partial charge in [-0.2, -0.15) is 4.31 Å². The van der Waals surface area contributed by atoms with Gasteiger partial charge in [0.15, 0.2) is 0 Å². The van der Waals surface area contributed by atoms with Crippen LogP contribution in [0.3, 0.4) is 0 Å². The number of carbonyl (C=O) groups excluding carboxylic acids is 1. The van der Waals surface area contributed by atoms with Crippen molar-refractivity contribution >= 4 is 16.1 Å². The molecule has 0 spiro atoms. The Bertz CT molecular complexity index is 465. The first kappa shape index (κ1) is 20.9. The van der Waals surface area contributed by atoms with Crippen LogP contribution in [0.15, 0.2) is 12.2 Å². The lowest BCUT2D eigenvalue weighted by Crippen LogP contribution is -2.44. The number of sulfonamides is 1. The van der Waals surface area contributed by atoms with E-state index in [0.717, 1.165) is 23.4 Å². The number of ether oxygens (including phenoxy) is 2. The van der Waals surface area contributed by atoms with Crippen LogP contribution in [0.4, 0.5) is 4.79 Å². The first-order valence-electron chi connectivity index (χ1n) is 7.46.